The monoisotopic (exact) mass is 594 g/mol. The molecule has 0 fully saturated rings. The predicted molar refractivity (Wildman–Crippen MR) is 177 cm³/mol. The van der Waals surface area contributed by atoms with E-state index in [-0.39, 0.29) is 0 Å². The number of hydrogen-bond acceptors (Lipinski definition) is 6. The van der Waals surface area contributed by atoms with E-state index < -0.39 is 11.9 Å². The van der Waals surface area contributed by atoms with Gasteiger partial charge >= 0.3 is 11.9 Å². The third kappa shape index (κ3) is 6.54. The van der Waals surface area contributed by atoms with Crippen LogP contribution in [0.1, 0.15) is 114 Å². The van der Waals surface area contributed by atoms with E-state index in [1.165, 1.54) is 13.8 Å². The van der Waals surface area contributed by atoms with Crippen LogP contribution in [0.5, 0.6) is 11.5 Å². The van der Waals surface area contributed by atoms with Crippen LogP contribution in [0.2, 0.25) is 0 Å². The summed E-state index contributed by atoms with van der Waals surface area (Å²) in [5, 5.41) is 0. The number of H-pyrrole nitrogens is 2. The van der Waals surface area contributed by atoms with Crippen LogP contribution < -0.4 is 9.47 Å². The highest BCUT2D eigenvalue weighted by molar-refractivity contribution is 5.93. The number of aryl methyl sites for hydroxylation is 2. The van der Waals surface area contributed by atoms with Crippen molar-refractivity contribution in [1.82, 2.24) is 19.9 Å². The van der Waals surface area contributed by atoms with Gasteiger partial charge in [0.25, 0.3) is 0 Å². The SMILES string of the molecule is CCCC1=Cc2nc1c(OC(C)=O)cc1[nH]c(cc1CCC)c1cc(CCC)c(cc(OC(C)=O)c3nc2C=C3CCC)[nH]1. The van der Waals surface area contributed by atoms with Crippen molar-refractivity contribution in [3.8, 4) is 11.5 Å². The molecule has 2 aliphatic rings. The van der Waals surface area contributed by atoms with Crippen molar-refractivity contribution in [2.75, 3.05) is 0 Å². The second kappa shape index (κ2) is 13.5. The summed E-state index contributed by atoms with van der Waals surface area (Å²) in [6.45, 7) is 11.4. The summed E-state index contributed by atoms with van der Waals surface area (Å²) in [5.41, 5.74) is 10.4. The number of ether oxygens (including phenoxy) is 2. The van der Waals surface area contributed by atoms with Gasteiger partial charge in [-0.15, -0.1) is 0 Å². The number of nitrogens with one attached hydrogen (secondary N) is 2. The molecule has 0 aromatic carbocycles. The maximum atomic E-state index is 12.4. The van der Waals surface area contributed by atoms with Crippen molar-refractivity contribution in [3.05, 3.63) is 58.2 Å². The first-order chi connectivity index (χ1) is 21.2. The van der Waals surface area contributed by atoms with Gasteiger partial charge in [0.1, 0.15) is 11.4 Å². The molecule has 8 heteroatoms. The molecule has 0 amide bonds. The summed E-state index contributed by atoms with van der Waals surface area (Å²) in [7, 11) is 0. The quantitative estimate of drug-likeness (QED) is 0.227. The van der Waals surface area contributed by atoms with Crippen molar-refractivity contribution < 1.29 is 19.1 Å². The number of esters is 2. The fourth-order valence-electron chi connectivity index (χ4n) is 5.92. The molecule has 8 nitrogen and oxygen atoms in total. The number of aromatic amines is 2. The maximum absolute atomic E-state index is 12.4. The molecule has 3 aromatic heterocycles. The minimum Gasteiger partial charge on any atom is -0.424 e. The number of carbonyl (C=O) groups excluding carboxylic acids is 2. The molecular formula is C36H42N4O4. The molecule has 3 aromatic rings. The lowest BCUT2D eigenvalue weighted by Gasteiger charge is -2.06. The minimum atomic E-state index is -0.408. The summed E-state index contributed by atoms with van der Waals surface area (Å²) >= 11 is 0. The molecular weight excluding hydrogens is 552 g/mol. The van der Waals surface area contributed by atoms with E-state index in [1.807, 2.05) is 24.3 Å². The Morgan fingerprint density at radius 1 is 0.591 bits per heavy atom. The van der Waals surface area contributed by atoms with Crippen molar-refractivity contribution >= 4 is 57.3 Å². The van der Waals surface area contributed by atoms with Crippen LogP contribution >= 0.6 is 0 Å². The second-order valence-corrected chi connectivity index (χ2v) is 11.5. The van der Waals surface area contributed by atoms with E-state index in [9.17, 15) is 9.59 Å². The van der Waals surface area contributed by atoms with Crippen LogP contribution in [0.3, 0.4) is 0 Å². The normalized spacial score (nSPS) is 12.6. The Kier molecular flexibility index (Phi) is 9.47. The number of carbonyl (C=O) groups is 2. The molecule has 0 aliphatic carbocycles. The van der Waals surface area contributed by atoms with Gasteiger partial charge in [0.15, 0.2) is 11.5 Å². The highest BCUT2D eigenvalue weighted by Crippen LogP contribution is 2.38. The molecule has 5 rings (SSSR count). The zero-order valence-electron chi connectivity index (χ0n) is 26.6. The second-order valence-electron chi connectivity index (χ2n) is 11.5. The number of allylic oxidation sites excluding steroid dienone is 2. The molecule has 0 saturated heterocycles. The highest BCUT2D eigenvalue weighted by Gasteiger charge is 2.23. The van der Waals surface area contributed by atoms with Gasteiger partial charge < -0.3 is 19.4 Å². The first-order valence-electron chi connectivity index (χ1n) is 15.8. The first-order valence-corrected chi connectivity index (χ1v) is 15.8. The molecule has 2 aliphatic heterocycles. The van der Waals surface area contributed by atoms with Crippen molar-refractivity contribution in [2.45, 2.75) is 92.9 Å². The predicted octanol–water partition coefficient (Wildman–Crippen LogP) is 8.75. The van der Waals surface area contributed by atoms with Crippen LogP contribution in [0.25, 0.3) is 45.4 Å². The van der Waals surface area contributed by atoms with Crippen LogP contribution in [-0.2, 0) is 22.4 Å². The molecule has 0 spiro atoms. The van der Waals surface area contributed by atoms with Crippen LogP contribution in [-0.4, -0.2) is 31.9 Å². The molecule has 0 saturated carbocycles. The number of hydrogen-bond donors (Lipinski definition) is 2. The number of aromatic nitrogens is 4. The lowest BCUT2D eigenvalue weighted by Crippen LogP contribution is -2.04. The molecule has 0 unspecified atom stereocenters. The van der Waals surface area contributed by atoms with E-state index in [1.54, 1.807) is 0 Å². The van der Waals surface area contributed by atoms with Crippen molar-refractivity contribution in [1.29, 1.82) is 0 Å². The zero-order chi connectivity index (χ0) is 31.4. The largest absolute Gasteiger partial charge is 0.424 e. The lowest BCUT2D eigenvalue weighted by atomic mass is 10.1. The Balaban J connectivity index is 1.99. The summed E-state index contributed by atoms with van der Waals surface area (Å²) in [5.74, 6) is -0.000447. The van der Waals surface area contributed by atoms with Gasteiger partial charge in [0, 0.05) is 37.0 Å². The van der Waals surface area contributed by atoms with Crippen molar-refractivity contribution in [3.63, 3.8) is 0 Å². The maximum Gasteiger partial charge on any atom is 0.308 e. The smallest absolute Gasteiger partial charge is 0.308 e. The van der Waals surface area contributed by atoms with E-state index in [0.29, 0.717) is 34.3 Å². The van der Waals surface area contributed by atoms with Gasteiger partial charge in [-0.25, -0.2) is 9.97 Å². The highest BCUT2D eigenvalue weighted by atomic mass is 16.5. The van der Waals surface area contributed by atoms with Gasteiger partial charge in [-0.3, -0.25) is 9.59 Å². The summed E-state index contributed by atoms with van der Waals surface area (Å²) < 4.78 is 11.7. The summed E-state index contributed by atoms with van der Waals surface area (Å²) in [4.78, 5) is 42.0. The van der Waals surface area contributed by atoms with E-state index in [0.717, 1.165) is 95.7 Å². The molecule has 8 bridgehead atoms. The van der Waals surface area contributed by atoms with Gasteiger partial charge in [0.05, 0.1) is 22.4 Å². The fraction of sp³-hybridized carbons (Fsp3) is 0.389. The topological polar surface area (TPSA) is 110 Å². The van der Waals surface area contributed by atoms with Gasteiger partial charge in [-0.2, -0.15) is 0 Å². The van der Waals surface area contributed by atoms with Gasteiger partial charge in [-0.1, -0.05) is 53.4 Å². The molecule has 0 radical (unpaired) electrons. The Labute approximate surface area is 258 Å². The Bertz CT molecular complexity index is 1690. The average Bonchev–Trinajstić information content (AvgIpc) is 3.74. The number of rotatable bonds is 10. The Morgan fingerprint density at radius 2 is 0.977 bits per heavy atom. The van der Waals surface area contributed by atoms with E-state index in [4.69, 9.17) is 19.4 Å². The summed E-state index contributed by atoms with van der Waals surface area (Å²) in [6.07, 6.45) is 11.0. The van der Waals surface area contributed by atoms with Crippen LogP contribution in [0.15, 0.2) is 24.3 Å². The van der Waals surface area contributed by atoms with Crippen LogP contribution in [0, 0.1) is 0 Å². The Morgan fingerprint density at radius 3 is 1.32 bits per heavy atom. The standard InChI is InChI=1S/C36H42N4O4/c1-7-11-23-15-29-30-16-24(12-8-2)28(38-30)20-34(44-22(6)42)36-26(14-10-4)18-32(40-36)31-17-25(13-9-3)35(39-31)33(43-21(5)41)19-27(23)37-29/h15-20,37-38H,7-14H2,1-6H3. The molecule has 230 valence electrons. The number of fused-ring (bicyclic) bond motifs is 10. The van der Waals surface area contributed by atoms with E-state index >= 15 is 0 Å². The molecule has 5 heterocycles. The molecule has 44 heavy (non-hydrogen) atoms. The third-order valence-electron chi connectivity index (χ3n) is 7.72. The fourth-order valence-corrected chi connectivity index (χ4v) is 5.92. The van der Waals surface area contributed by atoms with Gasteiger partial charge in [-0.05, 0) is 72.2 Å². The average molecular weight is 595 g/mol. The van der Waals surface area contributed by atoms with Gasteiger partial charge in [0.2, 0.25) is 0 Å². The minimum absolute atomic E-state index is 0.407. The van der Waals surface area contributed by atoms with Crippen molar-refractivity contribution in [2.24, 2.45) is 0 Å². The van der Waals surface area contributed by atoms with Crippen LogP contribution in [0.4, 0.5) is 0 Å². The molecule has 2 N–H and O–H groups in total. The first kappa shape index (κ1) is 31.0. The third-order valence-corrected chi connectivity index (χ3v) is 7.72. The zero-order valence-corrected chi connectivity index (χ0v) is 26.6. The van der Waals surface area contributed by atoms with E-state index in [2.05, 4.69) is 49.8 Å². The number of nitrogens with zero attached hydrogens (tertiary/aromatic N) is 2. The molecule has 0 atom stereocenters. The Hall–Kier alpha value is -4.46. The lowest BCUT2D eigenvalue weighted by molar-refractivity contribution is -0.132. The summed E-state index contributed by atoms with van der Waals surface area (Å²) in [6, 6.07) is 8.13.